The third-order valence-corrected chi connectivity index (χ3v) is 4.62. The Balaban J connectivity index is 1.76. The molecule has 1 aromatic carbocycles. The molecule has 0 saturated carbocycles. The van der Waals surface area contributed by atoms with Crippen molar-refractivity contribution in [2.24, 2.45) is 12.8 Å². The molecule has 6 heteroatoms. The molecular weight excluding hydrogens is 306 g/mol. The first-order chi connectivity index (χ1) is 11.4. The number of aromatic nitrogens is 1. The molecule has 6 nitrogen and oxygen atoms in total. The van der Waals surface area contributed by atoms with Crippen molar-refractivity contribution in [2.45, 2.75) is 24.9 Å². The summed E-state index contributed by atoms with van der Waals surface area (Å²) in [4.78, 5) is 23.6. The van der Waals surface area contributed by atoms with Crippen LogP contribution in [0.5, 0.6) is 0 Å². The molecule has 2 amide bonds. The van der Waals surface area contributed by atoms with Gasteiger partial charge < -0.3 is 20.7 Å². The molecule has 0 fully saturated rings. The Kier molecular flexibility index (Phi) is 4.15. The van der Waals surface area contributed by atoms with Gasteiger partial charge in [0.05, 0.1) is 12.1 Å². The van der Waals surface area contributed by atoms with Crippen molar-refractivity contribution in [3.63, 3.8) is 0 Å². The predicted octanol–water partition coefficient (Wildman–Crippen LogP) is 1.08. The van der Waals surface area contributed by atoms with Crippen LogP contribution in [-0.4, -0.2) is 28.0 Å². The molecule has 1 atom stereocenters. The molecule has 4 N–H and O–H groups in total. The first kappa shape index (κ1) is 16.3. The quantitative estimate of drug-likeness (QED) is 0.784. The predicted molar refractivity (Wildman–Crippen MR) is 89.5 cm³/mol. The van der Waals surface area contributed by atoms with Gasteiger partial charge in [-0.2, -0.15) is 0 Å². The van der Waals surface area contributed by atoms with Crippen molar-refractivity contribution in [2.75, 3.05) is 6.54 Å². The average molecular weight is 327 g/mol. The highest BCUT2D eigenvalue weighted by Crippen LogP contribution is 2.34. The van der Waals surface area contributed by atoms with Gasteiger partial charge >= 0.3 is 0 Å². The monoisotopic (exact) mass is 327 g/mol. The number of amides is 2. The Bertz CT molecular complexity index is 797. The second kappa shape index (κ2) is 6.13. The van der Waals surface area contributed by atoms with E-state index in [1.807, 2.05) is 24.3 Å². The summed E-state index contributed by atoms with van der Waals surface area (Å²) in [5.41, 5.74) is 6.78. The third-order valence-electron chi connectivity index (χ3n) is 4.62. The summed E-state index contributed by atoms with van der Waals surface area (Å²) in [7, 11) is 1.67. The summed E-state index contributed by atoms with van der Waals surface area (Å²) < 4.78 is 1.55. The lowest BCUT2D eigenvalue weighted by Gasteiger charge is -2.34. The van der Waals surface area contributed by atoms with Gasteiger partial charge in [-0.15, -0.1) is 0 Å². The molecule has 1 unspecified atom stereocenters. The van der Waals surface area contributed by atoms with E-state index in [0.29, 0.717) is 12.1 Å². The number of nitrogens with two attached hydrogens (primary N) is 1. The second-order valence-corrected chi connectivity index (χ2v) is 6.31. The standard InChI is InChI=1S/C18H21N3O3/c1-21-10-13(16(19)22)9-15(21)17(23)20-11-18(24)8-4-6-12-5-2-3-7-14(12)18/h2-3,5,7,9-10,24H,4,6,8,11H2,1H3,(H2,19,22)(H,20,23). The van der Waals surface area contributed by atoms with Crippen LogP contribution in [0.15, 0.2) is 36.5 Å². The summed E-state index contributed by atoms with van der Waals surface area (Å²) in [5, 5.41) is 13.8. The third kappa shape index (κ3) is 2.92. The van der Waals surface area contributed by atoms with Crippen LogP contribution in [0.25, 0.3) is 0 Å². The summed E-state index contributed by atoms with van der Waals surface area (Å²) in [5.74, 6) is -0.925. The van der Waals surface area contributed by atoms with E-state index in [4.69, 9.17) is 5.73 Å². The van der Waals surface area contributed by atoms with Crippen LogP contribution in [0, 0.1) is 0 Å². The number of hydrogen-bond donors (Lipinski definition) is 3. The summed E-state index contributed by atoms with van der Waals surface area (Å²) in [6, 6.07) is 9.23. The molecular formula is C18H21N3O3. The zero-order valence-corrected chi connectivity index (χ0v) is 13.6. The van der Waals surface area contributed by atoms with Gasteiger partial charge in [0.1, 0.15) is 11.3 Å². The Morgan fingerprint density at radius 3 is 2.83 bits per heavy atom. The van der Waals surface area contributed by atoms with Gasteiger partial charge in [-0.1, -0.05) is 24.3 Å². The number of nitrogens with one attached hydrogen (secondary N) is 1. The number of carbonyl (C=O) groups excluding carboxylic acids is 2. The van der Waals surface area contributed by atoms with Gasteiger partial charge in [-0.25, -0.2) is 0 Å². The first-order valence-electron chi connectivity index (χ1n) is 7.96. The summed E-state index contributed by atoms with van der Waals surface area (Å²) >= 11 is 0. The minimum absolute atomic E-state index is 0.125. The topological polar surface area (TPSA) is 97.4 Å². The molecule has 1 aromatic heterocycles. The van der Waals surface area contributed by atoms with Gasteiger partial charge in [0.15, 0.2) is 0 Å². The van der Waals surface area contributed by atoms with E-state index in [1.165, 1.54) is 12.3 Å². The van der Waals surface area contributed by atoms with E-state index in [9.17, 15) is 14.7 Å². The van der Waals surface area contributed by atoms with Crippen LogP contribution in [-0.2, 0) is 19.1 Å². The van der Waals surface area contributed by atoms with Crippen molar-refractivity contribution in [3.05, 3.63) is 58.9 Å². The molecule has 0 spiro atoms. The molecule has 126 valence electrons. The molecule has 0 aliphatic heterocycles. The fourth-order valence-electron chi connectivity index (χ4n) is 3.32. The highest BCUT2D eigenvalue weighted by Gasteiger charge is 2.34. The number of aliphatic hydroxyl groups is 1. The fraction of sp³-hybridized carbons (Fsp3) is 0.333. The number of carbonyl (C=O) groups is 2. The second-order valence-electron chi connectivity index (χ2n) is 6.31. The lowest BCUT2D eigenvalue weighted by Crippen LogP contribution is -2.43. The van der Waals surface area contributed by atoms with Gasteiger partial charge in [0.25, 0.3) is 5.91 Å². The van der Waals surface area contributed by atoms with Crippen molar-refractivity contribution < 1.29 is 14.7 Å². The maximum atomic E-state index is 12.4. The first-order valence-corrected chi connectivity index (χ1v) is 7.96. The zero-order chi connectivity index (χ0) is 17.3. The van der Waals surface area contributed by atoms with Crippen molar-refractivity contribution in [3.8, 4) is 0 Å². The normalized spacial score (nSPS) is 19.6. The molecule has 3 rings (SSSR count). The largest absolute Gasteiger partial charge is 0.383 e. The van der Waals surface area contributed by atoms with Crippen LogP contribution in [0.1, 0.15) is 44.8 Å². The molecule has 0 radical (unpaired) electrons. The molecule has 0 saturated heterocycles. The highest BCUT2D eigenvalue weighted by atomic mass is 16.3. The smallest absolute Gasteiger partial charge is 0.268 e. The van der Waals surface area contributed by atoms with Crippen LogP contribution in [0.4, 0.5) is 0 Å². The minimum atomic E-state index is -1.07. The van der Waals surface area contributed by atoms with Crippen molar-refractivity contribution >= 4 is 11.8 Å². The molecule has 1 heterocycles. The van der Waals surface area contributed by atoms with Crippen LogP contribution < -0.4 is 11.1 Å². The number of rotatable bonds is 4. The highest BCUT2D eigenvalue weighted by molar-refractivity contribution is 5.98. The Morgan fingerprint density at radius 1 is 1.38 bits per heavy atom. The molecule has 0 bridgehead atoms. The SMILES string of the molecule is Cn1cc(C(N)=O)cc1C(=O)NCC1(O)CCCc2ccccc21. The number of aryl methyl sites for hydroxylation is 2. The molecule has 24 heavy (non-hydrogen) atoms. The summed E-state index contributed by atoms with van der Waals surface area (Å²) in [6.07, 6.45) is 3.93. The van der Waals surface area contributed by atoms with E-state index in [2.05, 4.69) is 5.32 Å². The molecule has 2 aromatic rings. The molecule has 1 aliphatic carbocycles. The van der Waals surface area contributed by atoms with Gasteiger partial charge in [0.2, 0.25) is 5.91 Å². The van der Waals surface area contributed by atoms with Crippen molar-refractivity contribution in [1.29, 1.82) is 0 Å². The Morgan fingerprint density at radius 2 is 2.12 bits per heavy atom. The number of benzene rings is 1. The fourth-order valence-corrected chi connectivity index (χ4v) is 3.32. The number of nitrogens with zero attached hydrogens (tertiary/aromatic N) is 1. The van der Waals surface area contributed by atoms with E-state index in [1.54, 1.807) is 11.6 Å². The van der Waals surface area contributed by atoms with E-state index in [0.717, 1.165) is 24.0 Å². The van der Waals surface area contributed by atoms with Crippen LogP contribution >= 0.6 is 0 Å². The van der Waals surface area contributed by atoms with Gasteiger partial charge in [-0.3, -0.25) is 9.59 Å². The maximum absolute atomic E-state index is 12.4. The van der Waals surface area contributed by atoms with Crippen LogP contribution in [0.3, 0.4) is 0 Å². The lowest BCUT2D eigenvalue weighted by molar-refractivity contribution is 0.0188. The Labute approximate surface area is 140 Å². The number of primary amides is 1. The number of fused-ring (bicyclic) bond motifs is 1. The van der Waals surface area contributed by atoms with E-state index in [-0.39, 0.29) is 18.0 Å². The lowest BCUT2D eigenvalue weighted by atomic mass is 9.79. The van der Waals surface area contributed by atoms with Gasteiger partial charge in [-0.05, 0) is 36.5 Å². The van der Waals surface area contributed by atoms with Crippen molar-refractivity contribution in [1.82, 2.24) is 9.88 Å². The minimum Gasteiger partial charge on any atom is -0.383 e. The van der Waals surface area contributed by atoms with Crippen LogP contribution in [0.2, 0.25) is 0 Å². The zero-order valence-electron chi connectivity index (χ0n) is 13.6. The summed E-state index contributed by atoms with van der Waals surface area (Å²) in [6.45, 7) is 0.125. The Hall–Kier alpha value is -2.60. The van der Waals surface area contributed by atoms with Gasteiger partial charge in [0, 0.05) is 13.2 Å². The maximum Gasteiger partial charge on any atom is 0.268 e. The van der Waals surface area contributed by atoms with E-state index < -0.39 is 11.5 Å². The van der Waals surface area contributed by atoms with E-state index >= 15 is 0 Å². The average Bonchev–Trinajstić information content (AvgIpc) is 2.96. The molecule has 1 aliphatic rings. The number of hydrogen-bond acceptors (Lipinski definition) is 3.